The molecule has 2 rings (SSSR count). The van der Waals surface area contributed by atoms with Crippen LogP contribution in [0.25, 0.3) is 0 Å². The summed E-state index contributed by atoms with van der Waals surface area (Å²) in [7, 11) is 0. The molecule has 1 aromatic carbocycles. The molecule has 1 heterocycles. The number of aliphatic hydroxyl groups is 1. The first-order valence-corrected chi connectivity index (χ1v) is 5.57. The van der Waals surface area contributed by atoms with Crippen LogP contribution in [0.3, 0.4) is 0 Å². The van der Waals surface area contributed by atoms with Crippen molar-refractivity contribution in [3.05, 3.63) is 52.7 Å². The molecular formula is C13H12ClNO2. The molecule has 1 N–H and O–H groups in total. The SMILES string of the molecule is Cc1nc(Oc2ccc(Cl)cc2)ccc1CO. The highest BCUT2D eigenvalue weighted by Gasteiger charge is 2.02. The quantitative estimate of drug-likeness (QED) is 0.907. The Morgan fingerprint density at radius 2 is 1.88 bits per heavy atom. The van der Waals surface area contributed by atoms with Gasteiger partial charge in [-0.05, 0) is 42.8 Å². The smallest absolute Gasteiger partial charge is 0.219 e. The Morgan fingerprint density at radius 3 is 2.47 bits per heavy atom. The van der Waals surface area contributed by atoms with Crippen molar-refractivity contribution in [2.75, 3.05) is 0 Å². The Balaban J connectivity index is 2.19. The summed E-state index contributed by atoms with van der Waals surface area (Å²) in [4.78, 5) is 4.25. The van der Waals surface area contributed by atoms with Gasteiger partial charge < -0.3 is 9.84 Å². The van der Waals surface area contributed by atoms with Gasteiger partial charge >= 0.3 is 0 Å². The number of aryl methyl sites for hydroxylation is 1. The summed E-state index contributed by atoms with van der Waals surface area (Å²) < 4.78 is 5.56. The van der Waals surface area contributed by atoms with Crippen molar-refractivity contribution >= 4 is 11.6 Å². The van der Waals surface area contributed by atoms with Gasteiger partial charge in [0.05, 0.1) is 6.61 Å². The zero-order valence-electron chi connectivity index (χ0n) is 9.35. The molecule has 0 bridgehead atoms. The van der Waals surface area contributed by atoms with Crippen molar-refractivity contribution in [2.24, 2.45) is 0 Å². The van der Waals surface area contributed by atoms with Crippen LogP contribution >= 0.6 is 11.6 Å². The fraction of sp³-hybridized carbons (Fsp3) is 0.154. The van der Waals surface area contributed by atoms with E-state index < -0.39 is 0 Å². The van der Waals surface area contributed by atoms with Gasteiger partial charge in [0.15, 0.2) is 0 Å². The first-order valence-electron chi connectivity index (χ1n) is 5.20. The minimum atomic E-state index is -0.0138. The van der Waals surface area contributed by atoms with Crippen LogP contribution in [0.5, 0.6) is 11.6 Å². The van der Waals surface area contributed by atoms with Crippen LogP contribution in [-0.2, 0) is 6.61 Å². The lowest BCUT2D eigenvalue weighted by molar-refractivity contribution is 0.280. The summed E-state index contributed by atoms with van der Waals surface area (Å²) >= 11 is 5.78. The molecule has 0 aliphatic heterocycles. The molecule has 0 saturated carbocycles. The fourth-order valence-corrected chi connectivity index (χ4v) is 1.54. The van der Waals surface area contributed by atoms with Gasteiger partial charge in [0.1, 0.15) is 5.75 Å². The van der Waals surface area contributed by atoms with Crippen molar-refractivity contribution in [1.29, 1.82) is 0 Å². The summed E-state index contributed by atoms with van der Waals surface area (Å²) in [6.07, 6.45) is 0. The molecule has 0 aliphatic carbocycles. The number of hydrogen-bond acceptors (Lipinski definition) is 3. The van der Waals surface area contributed by atoms with Crippen LogP contribution < -0.4 is 4.74 Å². The number of nitrogens with zero attached hydrogens (tertiary/aromatic N) is 1. The van der Waals surface area contributed by atoms with Gasteiger partial charge in [-0.15, -0.1) is 0 Å². The van der Waals surface area contributed by atoms with Crippen molar-refractivity contribution in [1.82, 2.24) is 4.98 Å². The lowest BCUT2D eigenvalue weighted by Gasteiger charge is -2.07. The second-order valence-corrected chi connectivity index (χ2v) is 4.04. The molecule has 88 valence electrons. The van der Waals surface area contributed by atoms with Gasteiger partial charge in [0.2, 0.25) is 5.88 Å². The lowest BCUT2D eigenvalue weighted by Crippen LogP contribution is -1.95. The first kappa shape index (κ1) is 11.9. The average molecular weight is 250 g/mol. The maximum absolute atomic E-state index is 9.03. The van der Waals surface area contributed by atoms with Crippen molar-refractivity contribution < 1.29 is 9.84 Å². The van der Waals surface area contributed by atoms with Gasteiger partial charge in [-0.25, -0.2) is 4.98 Å². The van der Waals surface area contributed by atoms with Gasteiger partial charge in [0.25, 0.3) is 0 Å². The van der Waals surface area contributed by atoms with E-state index in [4.69, 9.17) is 21.4 Å². The standard InChI is InChI=1S/C13H12ClNO2/c1-9-10(8-16)2-7-13(15-9)17-12-5-3-11(14)4-6-12/h2-7,16H,8H2,1H3. The van der Waals surface area contributed by atoms with Crippen molar-refractivity contribution in [3.63, 3.8) is 0 Å². The zero-order valence-corrected chi connectivity index (χ0v) is 10.1. The van der Waals surface area contributed by atoms with Gasteiger partial charge in [-0.2, -0.15) is 0 Å². The van der Waals surface area contributed by atoms with E-state index in [9.17, 15) is 0 Å². The number of hydrogen-bond donors (Lipinski definition) is 1. The van der Waals surface area contributed by atoms with Crippen LogP contribution in [-0.4, -0.2) is 10.1 Å². The number of ether oxygens (including phenoxy) is 1. The number of pyridine rings is 1. The predicted octanol–water partition coefficient (Wildman–Crippen LogP) is 3.33. The molecule has 0 amide bonds. The molecule has 2 aromatic rings. The Morgan fingerprint density at radius 1 is 1.18 bits per heavy atom. The van der Waals surface area contributed by atoms with Crippen molar-refractivity contribution in [3.8, 4) is 11.6 Å². The van der Waals surface area contributed by atoms with Gasteiger partial charge in [0, 0.05) is 16.8 Å². The van der Waals surface area contributed by atoms with E-state index in [1.54, 1.807) is 36.4 Å². The maximum atomic E-state index is 9.03. The molecule has 4 heteroatoms. The molecule has 0 radical (unpaired) electrons. The summed E-state index contributed by atoms with van der Waals surface area (Å²) in [6.45, 7) is 1.82. The van der Waals surface area contributed by atoms with Crippen LogP contribution in [0.2, 0.25) is 5.02 Å². The Kier molecular flexibility index (Phi) is 3.61. The Labute approximate surface area is 105 Å². The monoisotopic (exact) mass is 249 g/mol. The Bertz CT molecular complexity index is 511. The maximum Gasteiger partial charge on any atom is 0.219 e. The number of halogens is 1. The topological polar surface area (TPSA) is 42.4 Å². The summed E-state index contributed by atoms with van der Waals surface area (Å²) in [5, 5.41) is 9.70. The van der Waals surface area contributed by atoms with Gasteiger partial charge in [-0.3, -0.25) is 0 Å². The van der Waals surface area contributed by atoms with E-state index in [1.165, 1.54) is 0 Å². The second-order valence-electron chi connectivity index (χ2n) is 3.61. The molecular weight excluding hydrogens is 238 g/mol. The van der Waals surface area contributed by atoms with Crippen LogP contribution in [0.15, 0.2) is 36.4 Å². The molecule has 0 unspecified atom stereocenters. The van der Waals surface area contributed by atoms with Gasteiger partial charge in [-0.1, -0.05) is 11.6 Å². The predicted molar refractivity (Wildman–Crippen MR) is 66.4 cm³/mol. The summed E-state index contributed by atoms with van der Waals surface area (Å²) in [5.74, 6) is 1.18. The molecule has 0 fully saturated rings. The van der Waals surface area contributed by atoms with E-state index in [2.05, 4.69) is 4.98 Å². The highest BCUT2D eigenvalue weighted by Crippen LogP contribution is 2.22. The minimum absolute atomic E-state index is 0.0138. The van der Waals surface area contributed by atoms with Crippen LogP contribution in [0, 0.1) is 6.92 Å². The highest BCUT2D eigenvalue weighted by molar-refractivity contribution is 6.30. The zero-order chi connectivity index (χ0) is 12.3. The number of aliphatic hydroxyl groups excluding tert-OH is 1. The molecule has 0 atom stereocenters. The molecule has 3 nitrogen and oxygen atoms in total. The van der Waals surface area contributed by atoms with E-state index in [-0.39, 0.29) is 6.61 Å². The van der Waals surface area contributed by atoms with Crippen LogP contribution in [0.1, 0.15) is 11.3 Å². The number of aromatic nitrogens is 1. The van der Waals surface area contributed by atoms with E-state index in [0.717, 1.165) is 11.3 Å². The summed E-state index contributed by atoms with van der Waals surface area (Å²) in [6, 6.07) is 10.6. The van der Waals surface area contributed by atoms with Crippen LogP contribution in [0.4, 0.5) is 0 Å². The average Bonchev–Trinajstić information content (AvgIpc) is 2.32. The second kappa shape index (κ2) is 5.17. The lowest BCUT2D eigenvalue weighted by atomic mass is 10.2. The third-order valence-corrected chi connectivity index (χ3v) is 2.63. The normalized spacial score (nSPS) is 10.3. The minimum Gasteiger partial charge on any atom is -0.439 e. The molecule has 0 saturated heterocycles. The number of rotatable bonds is 3. The molecule has 17 heavy (non-hydrogen) atoms. The van der Waals surface area contributed by atoms with Crippen molar-refractivity contribution in [2.45, 2.75) is 13.5 Å². The van der Waals surface area contributed by atoms with E-state index >= 15 is 0 Å². The molecule has 0 spiro atoms. The van der Waals surface area contributed by atoms with E-state index in [0.29, 0.717) is 16.7 Å². The molecule has 1 aromatic heterocycles. The number of benzene rings is 1. The molecule has 0 aliphatic rings. The van der Waals surface area contributed by atoms with E-state index in [1.807, 2.05) is 6.92 Å². The third kappa shape index (κ3) is 2.96. The largest absolute Gasteiger partial charge is 0.439 e. The fourth-order valence-electron chi connectivity index (χ4n) is 1.41. The highest BCUT2D eigenvalue weighted by atomic mass is 35.5. The summed E-state index contributed by atoms with van der Waals surface area (Å²) in [5.41, 5.74) is 1.56. The Hall–Kier alpha value is -1.58. The third-order valence-electron chi connectivity index (χ3n) is 2.38. The first-order chi connectivity index (χ1) is 8.19.